The van der Waals surface area contributed by atoms with Gasteiger partial charge < -0.3 is 9.47 Å². The standard InChI is InChI=1S/C24H20N2O4S/c1-15(27)17-9-10-21(22(12-17)29-2)30-13-23(28)26-24-25-20(14-31-24)19-8-7-16-5-3-4-6-18(16)11-19/h3-12,14H,13H2,1-2H3,(H,25,26,28). The smallest absolute Gasteiger partial charge is 0.264 e. The maximum Gasteiger partial charge on any atom is 0.264 e. The molecule has 0 aliphatic heterocycles. The van der Waals surface area contributed by atoms with E-state index in [1.165, 1.54) is 30.8 Å². The van der Waals surface area contributed by atoms with E-state index in [9.17, 15) is 9.59 Å². The van der Waals surface area contributed by atoms with Crippen molar-refractivity contribution in [2.24, 2.45) is 0 Å². The number of thiazole rings is 1. The lowest BCUT2D eigenvalue weighted by atomic mass is 10.1. The molecule has 0 saturated heterocycles. The van der Waals surface area contributed by atoms with Crippen molar-refractivity contribution in [1.29, 1.82) is 0 Å². The molecule has 1 heterocycles. The summed E-state index contributed by atoms with van der Waals surface area (Å²) in [5.41, 5.74) is 2.30. The lowest BCUT2D eigenvalue weighted by molar-refractivity contribution is -0.118. The van der Waals surface area contributed by atoms with Crippen molar-refractivity contribution >= 4 is 38.9 Å². The highest BCUT2D eigenvalue weighted by Gasteiger charge is 2.12. The average Bonchev–Trinajstić information content (AvgIpc) is 3.25. The molecule has 0 bridgehead atoms. The lowest BCUT2D eigenvalue weighted by Crippen LogP contribution is -2.20. The van der Waals surface area contributed by atoms with Gasteiger partial charge in [0.15, 0.2) is 29.0 Å². The third-order valence-electron chi connectivity index (χ3n) is 4.72. The second-order valence-electron chi connectivity index (χ2n) is 6.86. The van der Waals surface area contributed by atoms with Crippen molar-refractivity contribution in [2.45, 2.75) is 6.92 Å². The number of nitrogens with one attached hydrogen (secondary N) is 1. The summed E-state index contributed by atoms with van der Waals surface area (Å²) in [6, 6.07) is 19.1. The highest BCUT2D eigenvalue weighted by atomic mass is 32.1. The molecule has 31 heavy (non-hydrogen) atoms. The second-order valence-corrected chi connectivity index (χ2v) is 7.72. The molecule has 0 fully saturated rings. The molecular weight excluding hydrogens is 412 g/mol. The number of aromatic nitrogens is 1. The molecule has 0 aliphatic rings. The third kappa shape index (κ3) is 4.73. The van der Waals surface area contributed by atoms with Crippen LogP contribution in [-0.2, 0) is 4.79 Å². The number of hydrogen-bond donors (Lipinski definition) is 1. The molecule has 0 atom stereocenters. The summed E-state index contributed by atoms with van der Waals surface area (Å²) in [6.45, 7) is 1.27. The molecule has 7 heteroatoms. The quantitative estimate of drug-likeness (QED) is 0.407. The number of rotatable bonds is 7. The van der Waals surface area contributed by atoms with E-state index in [0.717, 1.165) is 16.6 Å². The minimum atomic E-state index is -0.336. The SMILES string of the molecule is COc1cc(C(C)=O)ccc1OCC(=O)Nc1nc(-c2ccc3ccccc3c2)cs1. The Morgan fingerprint density at radius 3 is 2.58 bits per heavy atom. The fraction of sp³-hybridized carbons (Fsp3) is 0.125. The van der Waals surface area contributed by atoms with Crippen LogP contribution < -0.4 is 14.8 Å². The number of anilines is 1. The first kappa shape index (κ1) is 20.6. The largest absolute Gasteiger partial charge is 0.493 e. The molecule has 3 aromatic carbocycles. The summed E-state index contributed by atoms with van der Waals surface area (Å²) in [4.78, 5) is 28.3. The molecule has 156 valence electrons. The number of ketones is 1. The normalized spacial score (nSPS) is 10.6. The van der Waals surface area contributed by atoms with Gasteiger partial charge in [-0.15, -0.1) is 11.3 Å². The summed E-state index contributed by atoms with van der Waals surface area (Å²) in [6.07, 6.45) is 0. The summed E-state index contributed by atoms with van der Waals surface area (Å²) < 4.78 is 10.8. The van der Waals surface area contributed by atoms with Gasteiger partial charge in [0.25, 0.3) is 5.91 Å². The van der Waals surface area contributed by atoms with Gasteiger partial charge in [-0.3, -0.25) is 14.9 Å². The van der Waals surface area contributed by atoms with E-state index in [1.54, 1.807) is 18.2 Å². The molecule has 0 spiro atoms. The molecule has 6 nitrogen and oxygen atoms in total. The average molecular weight is 433 g/mol. The molecule has 0 unspecified atom stereocenters. The Bertz CT molecular complexity index is 1270. The molecule has 1 N–H and O–H groups in total. The van der Waals surface area contributed by atoms with Gasteiger partial charge in [0, 0.05) is 16.5 Å². The van der Waals surface area contributed by atoms with Crippen LogP contribution in [0, 0.1) is 0 Å². The number of benzene rings is 3. The van der Waals surface area contributed by atoms with E-state index in [0.29, 0.717) is 22.2 Å². The number of nitrogens with zero attached hydrogens (tertiary/aromatic N) is 1. The van der Waals surface area contributed by atoms with Crippen LogP contribution in [0.2, 0.25) is 0 Å². The molecule has 0 aliphatic carbocycles. The first-order chi connectivity index (χ1) is 15.0. The zero-order chi connectivity index (χ0) is 21.8. The molecule has 1 aromatic heterocycles. The van der Waals surface area contributed by atoms with Crippen molar-refractivity contribution in [3.05, 3.63) is 71.6 Å². The van der Waals surface area contributed by atoms with Gasteiger partial charge in [-0.1, -0.05) is 36.4 Å². The predicted molar refractivity (Wildman–Crippen MR) is 122 cm³/mol. The van der Waals surface area contributed by atoms with Crippen molar-refractivity contribution in [3.8, 4) is 22.8 Å². The maximum absolute atomic E-state index is 12.3. The predicted octanol–water partition coefficient (Wildman–Crippen LogP) is 5.19. The number of ether oxygens (including phenoxy) is 2. The Kier molecular flexibility index (Phi) is 5.95. The van der Waals surface area contributed by atoms with Crippen molar-refractivity contribution in [1.82, 2.24) is 4.98 Å². The zero-order valence-electron chi connectivity index (χ0n) is 17.0. The number of amides is 1. The molecule has 0 saturated carbocycles. The van der Waals surface area contributed by atoms with Gasteiger partial charge in [0.1, 0.15) is 0 Å². The van der Waals surface area contributed by atoms with E-state index >= 15 is 0 Å². The Labute approximate surface area is 183 Å². The highest BCUT2D eigenvalue weighted by Crippen LogP contribution is 2.29. The Balaban J connectivity index is 1.40. The monoisotopic (exact) mass is 432 g/mol. The maximum atomic E-state index is 12.3. The van der Waals surface area contributed by atoms with Gasteiger partial charge in [-0.25, -0.2) is 4.98 Å². The third-order valence-corrected chi connectivity index (χ3v) is 5.48. The van der Waals surface area contributed by atoms with Crippen LogP contribution in [0.3, 0.4) is 0 Å². The molecule has 4 aromatic rings. The Hall–Kier alpha value is -3.71. The Morgan fingerprint density at radius 1 is 1.00 bits per heavy atom. The van der Waals surface area contributed by atoms with Crippen LogP contribution >= 0.6 is 11.3 Å². The number of methoxy groups -OCH3 is 1. The fourth-order valence-corrected chi connectivity index (χ4v) is 3.85. The van der Waals surface area contributed by atoms with E-state index in [1.807, 2.05) is 23.6 Å². The van der Waals surface area contributed by atoms with E-state index in [4.69, 9.17) is 9.47 Å². The topological polar surface area (TPSA) is 77.5 Å². The number of carbonyl (C=O) groups excluding carboxylic acids is 2. The minimum absolute atomic E-state index is 0.0754. The van der Waals surface area contributed by atoms with Crippen molar-refractivity contribution in [3.63, 3.8) is 0 Å². The molecule has 0 radical (unpaired) electrons. The zero-order valence-corrected chi connectivity index (χ0v) is 17.9. The van der Waals surface area contributed by atoms with Crippen LogP contribution in [-0.4, -0.2) is 30.4 Å². The van der Waals surface area contributed by atoms with Crippen LogP contribution in [0.5, 0.6) is 11.5 Å². The van der Waals surface area contributed by atoms with Gasteiger partial charge in [0.2, 0.25) is 0 Å². The lowest BCUT2D eigenvalue weighted by Gasteiger charge is -2.11. The van der Waals surface area contributed by atoms with Gasteiger partial charge in [-0.2, -0.15) is 0 Å². The van der Waals surface area contributed by atoms with Crippen molar-refractivity contribution in [2.75, 3.05) is 19.0 Å². The number of hydrogen-bond acceptors (Lipinski definition) is 6. The van der Waals surface area contributed by atoms with Crippen LogP contribution in [0.4, 0.5) is 5.13 Å². The van der Waals surface area contributed by atoms with E-state index < -0.39 is 0 Å². The van der Waals surface area contributed by atoms with E-state index in [2.05, 4.69) is 34.6 Å². The minimum Gasteiger partial charge on any atom is -0.493 e. The first-order valence-corrected chi connectivity index (χ1v) is 10.5. The molecule has 1 amide bonds. The fourth-order valence-electron chi connectivity index (χ4n) is 3.12. The van der Waals surface area contributed by atoms with Gasteiger partial charge >= 0.3 is 0 Å². The van der Waals surface area contributed by atoms with Crippen LogP contribution in [0.15, 0.2) is 66.0 Å². The number of fused-ring (bicyclic) bond motifs is 1. The highest BCUT2D eigenvalue weighted by molar-refractivity contribution is 7.14. The first-order valence-electron chi connectivity index (χ1n) is 9.60. The number of carbonyl (C=O) groups is 2. The van der Waals surface area contributed by atoms with Crippen LogP contribution in [0.25, 0.3) is 22.0 Å². The summed E-state index contributed by atoms with van der Waals surface area (Å²) in [7, 11) is 1.48. The summed E-state index contributed by atoms with van der Waals surface area (Å²) in [5.74, 6) is 0.373. The molecule has 4 rings (SSSR count). The number of Topliss-reactive ketones (excluding diaryl/α,β-unsaturated/α-hetero) is 1. The summed E-state index contributed by atoms with van der Waals surface area (Å²) >= 11 is 1.35. The van der Waals surface area contributed by atoms with Crippen molar-refractivity contribution < 1.29 is 19.1 Å². The van der Waals surface area contributed by atoms with Gasteiger partial charge in [0.05, 0.1) is 12.8 Å². The van der Waals surface area contributed by atoms with E-state index in [-0.39, 0.29) is 18.3 Å². The van der Waals surface area contributed by atoms with Gasteiger partial charge in [-0.05, 0) is 42.0 Å². The summed E-state index contributed by atoms with van der Waals surface area (Å²) in [5, 5.41) is 7.46. The molecular formula is C24H20N2O4S. The Morgan fingerprint density at radius 2 is 1.81 bits per heavy atom. The van der Waals surface area contributed by atoms with Crippen LogP contribution in [0.1, 0.15) is 17.3 Å². The second kappa shape index (κ2) is 8.97.